The summed E-state index contributed by atoms with van der Waals surface area (Å²) in [5, 5.41) is 15.3. The fraction of sp³-hybridized carbons (Fsp3) is 0.227. The zero-order valence-corrected chi connectivity index (χ0v) is 19.9. The fourth-order valence-corrected chi connectivity index (χ4v) is 4.43. The SMILES string of the molecule is CC(C)NS(=O)(=O)c1cc(NC(=O)c2ccc(C(F)(F)F)cc2)ccc1Oc1cc(C(=O)O)nn1C. The number of alkyl halides is 3. The zero-order chi connectivity index (χ0) is 26.8. The van der Waals surface area contributed by atoms with Crippen LogP contribution in [0.2, 0.25) is 0 Å². The van der Waals surface area contributed by atoms with E-state index in [1.54, 1.807) is 13.8 Å². The minimum Gasteiger partial charge on any atom is -0.476 e. The predicted octanol–water partition coefficient (Wildman–Crippen LogP) is 3.87. The third-order valence-corrected chi connectivity index (χ3v) is 6.31. The van der Waals surface area contributed by atoms with Crippen LogP contribution in [0.3, 0.4) is 0 Å². The summed E-state index contributed by atoms with van der Waals surface area (Å²) in [5.41, 5.74) is -1.30. The average Bonchev–Trinajstić information content (AvgIpc) is 3.14. The molecule has 3 aromatic rings. The summed E-state index contributed by atoms with van der Waals surface area (Å²) in [5.74, 6) is -2.32. The minimum atomic E-state index is -4.56. The third-order valence-electron chi connectivity index (χ3n) is 4.63. The highest BCUT2D eigenvalue weighted by atomic mass is 32.2. The number of carboxylic acids is 1. The number of anilines is 1. The van der Waals surface area contributed by atoms with E-state index in [2.05, 4.69) is 15.1 Å². The monoisotopic (exact) mass is 526 g/mol. The quantitative estimate of drug-likeness (QED) is 0.405. The highest BCUT2D eigenvalue weighted by Crippen LogP contribution is 2.32. The van der Waals surface area contributed by atoms with Crippen molar-refractivity contribution in [2.75, 3.05) is 5.32 Å². The maximum absolute atomic E-state index is 13.0. The molecule has 0 saturated heterocycles. The molecule has 0 fully saturated rings. The normalized spacial score (nSPS) is 12.0. The van der Waals surface area contributed by atoms with E-state index in [0.717, 1.165) is 41.1 Å². The van der Waals surface area contributed by atoms with Crippen LogP contribution < -0.4 is 14.8 Å². The number of nitrogens with zero attached hydrogens (tertiary/aromatic N) is 2. The Balaban J connectivity index is 1.95. The summed E-state index contributed by atoms with van der Waals surface area (Å²) >= 11 is 0. The number of halogens is 3. The van der Waals surface area contributed by atoms with Crippen LogP contribution >= 0.6 is 0 Å². The van der Waals surface area contributed by atoms with E-state index >= 15 is 0 Å². The molecule has 3 N–H and O–H groups in total. The number of nitrogens with one attached hydrogen (secondary N) is 2. The number of aryl methyl sites for hydroxylation is 1. The van der Waals surface area contributed by atoms with Crippen molar-refractivity contribution in [3.05, 3.63) is 65.4 Å². The summed E-state index contributed by atoms with van der Waals surface area (Å²) in [6, 6.07) is 7.78. The molecule has 1 amide bonds. The van der Waals surface area contributed by atoms with Gasteiger partial charge in [0.05, 0.1) is 5.56 Å². The number of ether oxygens (including phenoxy) is 1. The summed E-state index contributed by atoms with van der Waals surface area (Å²) in [6.07, 6.45) is -4.56. The number of carbonyl (C=O) groups excluding carboxylic acids is 1. The molecule has 1 aromatic heterocycles. The van der Waals surface area contributed by atoms with Gasteiger partial charge in [-0.05, 0) is 56.3 Å². The Morgan fingerprint density at radius 1 is 1.08 bits per heavy atom. The Hall–Kier alpha value is -3.91. The van der Waals surface area contributed by atoms with E-state index in [0.29, 0.717) is 0 Å². The predicted molar refractivity (Wildman–Crippen MR) is 122 cm³/mol. The van der Waals surface area contributed by atoms with E-state index in [1.807, 2.05) is 0 Å². The molecule has 36 heavy (non-hydrogen) atoms. The van der Waals surface area contributed by atoms with Crippen LogP contribution in [0, 0.1) is 0 Å². The van der Waals surface area contributed by atoms with Gasteiger partial charge in [-0.3, -0.25) is 4.79 Å². The van der Waals surface area contributed by atoms with E-state index in [1.165, 1.54) is 19.2 Å². The highest BCUT2D eigenvalue weighted by molar-refractivity contribution is 7.89. The molecule has 0 aliphatic heterocycles. The van der Waals surface area contributed by atoms with Crippen molar-refractivity contribution in [1.29, 1.82) is 0 Å². The zero-order valence-electron chi connectivity index (χ0n) is 19.1. The second-order valence-corrected chi connectivity index (χ2v) is 9.55. The number of sulfonamides is 1. The lowest BCUT2D eigenvalue weighted by molar-refractivity contribution is -0.137. The number of benzene rings is 2. The number of aromatic nitrogens is 2. The van der Waals surface area contributed by atoms with Crippen molar-refractivity contribution < 1.29 is 41.0 Å². The van der Waals surface area contributed by atoms with Crippen molar-refractivity contribution in [3.63, 3.8) is 0 Å². The van der Waals surface area contributed by atoms with E-state index in [-0.39, 0.29) is 33.5 Å². The van der Waals surface area contributed by atoms with E-state index in [4.69, 9.17) is 9.84 Å². The number of rotatable bonds is 8. The van der Waals surface area contributed by atoms with Gasteiger partial charge in [0.1, 0.15) is 10.6 Å². The van der Waals surface area contributed by atoms with Crippen molar-refractivity contribution in [1.82, 2.24) is 14.5 Å². The third kappa shape index (κ3) is 6.20. The molecule has 0 unspecified atom stereocenters. The molecular formula is C22H21F3N4O6S. The van der Waals surface area contributed by atoms with Gasteiger partial charge in [0, 0.05) is 30.4 Å². The van der Waals surface area contributed by atoms with Gasteiger partial charge in [-0.1, -0.05) is 0 Å². The first-order valence-electron chi connectivity index (χ1n) is 10.3. The summed E-state index contributed by atoms with van der Waals surface area (Å²) in [7, 11) is -2.77. The second kappa shape index (κ2) is 9.99. The Morgan fingerprint density at radius 3 is 2.25 bits per heavy atom. The largest absolute Gasteiger partial charge is 0.476 e. The van der Waals surface area contributed by atoms with E-state index < -0.39 is 39.7 Å². The molecule has 0 bridgehead atoms. The number of hydrogen-bond acceptors (Lipinski definition) is 6. The Labute approximate surface area is 203 Å². The van der Waals surface area contributed by atoms with Crippen LogP contribution in [0.15, 0.2) is 53.4 Å². The van der Waals surface area contributed by atoms with Gasteiger partial charge in [0.15, 0.2) is 5.69 Å². The van der Waals surface area contributed by atoms with Crippen LogP contribution in [-0.2, 0) is 23.2 Å². The topological polar surface area (TPSA) is 140 Å². The molecule has 10 nitrogen and oxygen atoms in total. The molecule has 3 rings (SSSR count). The molecule has 0 aliphatic carbocycles. The number of carbonyl (C=O) groups is 2. The molecule has 0 aliphatic rings. The maximum Gasteiger partial charge on any atom is 0.416 e. The lowest BCUT2D eigenvalue weighted by Crippen LogP contribution is -2.30. The van der Waals surface area contributed by atoms with Gasteiger partial charge in [0.25, 0.3) is 5.91 Å². The van der Waals surface area contributed by atoms with Crippen molar-refractivity contribution in [2.24, 2.45) is 7.05 Å². The van der Waals surface area contributed by atoms with Crippen molar-refractivity contribution in [3.8, 4) is 11.6 Å². The first-order chi connectivity index (χ1) is 16.7. The lowest BCUT2D eigenvalue weighted by Gasteiger charge is -2.16. The van der Waals surface area contributed by atoms with Crippen LogP contribution in [0.25, 0.3) is 0 Å². The molecule has 192 valence electrons. The van der Waals surface area contributed by atoms with Gasteiger partial charge < -0.3 is 15.2 Å². The van der Waals surface area contributed by atoms with Crippen LogP contribution in [0.4, 0.5) is 18.9 Å². The molecule has 0 spiro atoms. The molecular weight excluding hydrogens is 505 g/mol. The number of carboxylic acid groups (broad SMARTS) is 1. The van der Waals surface area contributed by atoms with Crippen LogP contribution in [0.5, 0.6) is 11.6 Å². The smallest absolute Gasteiger partial charge is 0.416 e. The Kier molecular flexibility index (Phi) is 7.40. The maximum atomic E-state index is 13.0. The molecule has 0 atom stereocenters. The van der Waals surface area contributed by atoms with E-state index in [9.17, 15) is 31.2 Å². The van der Waals surface area contributed by atoms with Gasteiger partial charge >= 0.3 is 12.1 Å². The Bertz CT molecular complexity index is 1400. The van der Waals surface area contributed by atoms with Crippen LogP contribution in [-0.4, -0.2) is 41.2 Å². The first-order valence-corrected chi connectivity index (χ1v) is 11.8. The molecule has 0 saturated carbocycles. The van der Waals surface area contributed by atoms with Gasteiger partial charge in [-0.2, -0.15) is 18.3 Å². The standard InChI is InChI=1S/C22H21F3N4O6S/c1-12(2)28-36(33,34)18-10-15(26-20(30)13-4-6-14(7-5-13)22(23,24)25)8-9-17(18)35-19-11-16(21(31)32)27-29(19)3/h4-12,28H,1-3H3,(H,26,30)(H,31,32). The highest BCUT2D eigenvalue weighted by Gasteiger charge is 2.30. The lowest BCUT2D eigenvalue weighted by atomic mass is 10.1. The second-order valence-electron chi connectivity index (χ2n) is 7.87. The number of aromatic carboxylic acids is 1. The van der Waals surface area contributed by atoms with Crippen LogP contribution in [0.1, 0.15) is 40.3 Å². The van der Waals surface area contributed by atoms with Crippen molar-refractivity contribution >= 4 is 27.6 Å². The molecule has 14 heteroatoms. The van der Waals surface area contributed by atoms with Gasteiger partial charge in [0.2, 0.25) is 15.9 Å². The Morgan fingerprint density at radius 2 is 1.72 bits per heavy atom. The number of hydrogen-bond donors (Lipinski definition) is 3. The van der Waals surface area contributed by atoms with Gasteiger partial charge in [-0.25, -0.2) is 22.6 Å². The summed E-state index contributed by atoms with van der Waals surface area (Å²) in [4.78, 5) is 23.3. The van der Waals surface area contributed by atoms with Gasteiger partial charge in [-0.15, -0.1) is 0 Å². The first kappa shape index (κ1) is 26.7. The number of amides is 1. The fourth-order valence-electron chi connectivity index (χ4n) is 3.03. The minimum absolute atomic E-state index is 0.0209. The molecule has 0 radical (unpaired) electrons. The molecule has 1 heterocycles. The summed E-state index contributed by atoms with van der Waals surface area (Å²) < 4.78 is 73.3. The molecule has 2 aromatic carbocycles. The average molecular weight is 526 g/mol. The van der Waals surface area contributed by atoms with Crippen molar-refractivity contribution in [2.45, 2.75) is 31.0 Å². The summed E-state index contributed by atoms with van der Waals surface area (Å²) in [6.45, 7) is 3.18.